The summed E-state index contributed by atoms with van der Waals surface area (Å²) in [6.45, 7) is 13.1. The van der Waals surface area contributed by atoms with Crippen LogP contribution in [-0.2, 0) is 4.74 Å². The van der Waals surface area contributed by atoms with Gasteiger partial charge in [0.2, 0.25) is 0 Å². The summed E-state index contributed by atoms with van der Waals surface area (Å²) in [7, 11) is -1.21. The number of carbonyl (C=O) groups is 1. The van der Waals surface area contributed by atoms with E-state index in [0.29, 0.717) is 24.4 Å². The van der Waals surface area contributed by atoms with Crippen LogP contribution in [0.1, 0.15) is 100 Å². The van der Waals surface area contributed by atoms with Gasteiger partial charge in [-0.05, 0) is 60.7 Å². The molecule has 39 heavy (non-hydrogen) atoms. The van der Waals surface area contributed by atoms with Crippen LogP contribution in [-0.4, -0.2) is 33.4 Å². The van der Waals surface area contributed by atoms with Gasteiger partial charge in [0.05, 0.1) is 33.0 Å². The molecular formula is C33H49FO4Si. The van der Waals surface area contributed by atoms with E-state index in [2.05, 4.69) is 33.9 Å². The quantitative estimate of drug-likeness (QED) is 0.0894. The summed E-state index contributed by atoms with van der Waals surface area (Å²) in [5.41, 5.74) is 2.20. The molecule has 0 bridgehead atoms. The van der Waals surface area contributed by atoms with Crippen molar-refractivity contribution in [1.82, 2.24) is 0 Å². The second-order valence-electron chi connectivity index (χ2n) is 11.9. The van der Waals surface area contributed by atoms with Crippen LogP contribution in [0.5, 0.6) is 11.5 Å². The Labute approximate surface area is 236 Å². The van der Waals surface area contributed by atoms with Crippen LogP contribution >= 0.6 is 0 Å². The van der Waals surface area contributed by atoms with Gasteiger partial charge in [-0.25, -0.2) is 9.18 Å². The molecular weight excluding hydrogens is 507 g/mol. The number of hydrogen-bond donors (Lipinski definition) is 0. The lowest BCUT2D eigenvalue weighted by Gasteiger charge is -2.30. The molecule has 0 N–H and O–H groups in total. The van der Waals surface area contributed by atoms with Crippen LogP contribution < -0.4 is 9.47 Å². The molecule has 0 aliphatic carbocycles. The van der Waals surface area contributed by atoms with Gasteiger partial charge in [-0.1, -0.05) is 90.6 Å². The van der Waals surface area contributed by atoms with Crippen molar-refractivity contribution < 1.29 is 23.4 Å². The third kappa shape index (κ3) is 9.75. The van der Waals surface area contributed by atoms with Gasteiger partial charge in [-0.15, -0.1) is 0 Å². The van der Waals surface area contributed by atoms with E-state index in [9.17, 15) is 9.18 Å². The molecule has 1 heterocycles. The number of hydrogen-bond acceptors (Lipinski definition) is 4. The molecule has 2 aromatic carbocycles. The van der Waals surface area contributed by atoms with Crippen molar-refractivity contribution in [3.8, 4) is 11.5 Å². The van der Waals surface area contributed by atoms with Gasteiger partial charge in [-0.2, -0.15) is 0 Å². The minimum atomic E-state index is -1.21. The Balaban J connectivity index is 1.44. The molecule has 2 aromatic rings. The second-order valence-corrected chi connectivity index (χ2v) is 17.4. The van der Waals surface area contributed by atoms with Crippen LogP contribution in [0, 0.1) is 5.82 Å². The monoisotopic (exact) mass is 556 g/mol. The van der Waals surface area contributed by atoms with E-state index in [1.807, 2.05) is 24.3 Å². The van der Waals surface area contributed by atoms with E-state index in [1.54, 1.807) is 6.07 Å². The Morgan fingerprint density at radius 2 is 1.77 bits per heavy atom. The van der Waals surface area contributed by atoms with Crippen LogP contribution in [0.4, 0.5) is 4.39 Å². The van der Waals surface area contributed by atoms with E-state index >= 15 is 0 Å². The Morgan fingerprint density at radius 3 is 2.46 bits per heavy atom. The fourth-order valence-corrected chi connectivity index (χ4v) is 7.92. The second kappa shape index (κ2) is 15.6. The molecule has 1 fully saturated rings. The Bertz CT molecular complexity index is 1020. The topological polar surface area (TPSA) is 44.8 Å². The molecule has 1 unspecified atom stereocenters. The summed E-state index contributed by atoms with van der Waals surface area (Å²) in [5, 5.41) is 0. The van der Waals surface area contributed by atoms with Gasteiger partial charge < -0.3 is 14.2 Å². The largest absolute Gasteiger partial charge is 0.491 e. The summed E-state index contributed by atoms with van der Waals surface area (Å²) in [6, 6.07) is 13.2. The van der Waals surface area contributed by atoms with Gasteiger partial charge in [0.1, 0.15) is 5.75 Å². The first kappa shape index (κ1) is 31.3. The summed E-state index contributed by atoms with van der Waals surface area (Å²) >= 11 is 0. The number of halogens is 1. The maximum atomic E-state index is 14.5. The van der Waals surface area contributed by atoms with Crippen molar-refractivity contribution in [1.29, 1.82) is 0 Å². The molecule has 4 nitrogen and oxygen atoms in total. The molecule has 1 aliphatic rings. The molecule has 0 radical (unpaired) electrons. The van der Waals surface area contributed by atoms with Crippen molar-refractivity contribution in [3.05, 3.63) is 59.4 Å². The van der Waals surface area contributed by atoms with Crippen LogP contribution in [0.15, 0.2) is 42.5 Å². The maximum Gasteiger partial charge on any atom is 0.343 e. The maximum absolute atomic E-state index is 14.5. The lowest BCUT2D eigenvalue weighted by Crippen LogP contribution is -2.31. The summed E-state index contributed by atoms with van der Waals surface area (Å²) in [4.78, 5) is 12.6. The zero-order valence-corrected chi connectivity index (χ0v) is 25.8. The van der Waals surface area contributed by atoms with E-state index in [1.165, 1.54) is 55.8 Å². The standard InChI is InChI=1S/C33H49FO4Si/c1-6-8-9-10-11-12-20-36-32-18-15-27(23-31(32)34)33(35)38-29-16-13-26(14-17-29)28-22-30(37-24-28)19-21-39(4,5)25(3)7-2/h13-18,23,25,28,30H,6-12,19-22,24H2,1-5H3/t25?,28-,30+/m1/s1. The van der Waals surface area contributed by atoms with Gasteiger partial charge in [0, 0.05) is 5.92 Å². The molecule has 3 atom stereocenters. The molecule has 0 aromatic heterocycles. The number of esters is 1. The van der Waals surface area contributed by atoms with Gasteiger partial charge in [0.25, 0.3) is 0 Å². The van der Waals surface area contributed by atoms with E-state index in [-0.39, 0.29) is 11.3 Å². The average molecular weight is 557 g/mol. The zero-order chi connectivity index (χ0) is 28.3. The minimum Gasteiger partial charge on any atom is -0.491 e. The van der Waals surface area contributed by atoms with Gasteiger partial charge in [-0.3, -0.25) is 0 Å². The molecule has 1 aliphatic heterocycles. The average Bonchev–Trinajstić information content (AvgIpc) is 3.41. The highest BCUT2D eigenvalue weighted by Gasteiger charge is 2.31. The first-order chi connectivity index (χ1) is 18.7. The van der Waals surface area contributed by atoms with Crippen molar-refractivity contribution in [2.24, 2.45) is 0 Å². The highest BCUT2D eigenvalue weighted by Crippen LogP contribution is 2.36. The number of ether oxygens (including phenoxy) is 3. The van der Waals surface area contributed by atoms with E-state index < -0.39 is 19.9 Å². The molecule has 1 saturated heterocycles. The van der Waals surface area contributed by atoms with E-state index in [4.69, 9.17) is 14.2 Å². The zero-order valence-electron chi connectivity index (χ0n) is 24.8. The highest BCUT2D eigenvalue weighted by atomic mass is 28.3. The summed E-state index contributed by atoms with van der Waals surface area (Å²) in [5.74, 6) is -0.138. The summed E-state index contributed by atoms with van der Waals surface area (Å²) < 4.78 is 31.8. The normalized spacial score (nSPS) is 18.2. The third-order valence-electron chi connectivity index (χ3n) is 8.62. The first-order valence-electron chi connectivity index (χ1n) is 15.1. The van der Waals surface area contributed by atoms with Crippen LogP contribution in [0.25, 0.3) is 0 Å². The fraction of sp³-hybridized carbons (Fsp3) is 0.606. The first-order valence-corrected chi connectivity index (χ1v) is 18.4. The molecule has 216 valence electrons. The minimum absolute atomic E-state index is 0.166. The number of benzene rings is 2. The fourth-order valence-electron chi connectivity index (χ4n) is 5.25. The third-order valence-corrected chi connectivity index (χ3v) is 13.3. The van der Waals surface area contributed by atoms with Crippen LogP contribution in [0.2, 0.25) is 24.7 Å². The Hall–Kier alpha value is -2.18. The Morgan fingerprint density at radius 1 is 1.05 bits per heavy atom. The van der Waals surface area contributed by atoms with Crippen molar-refractivity contribution >= 4 is 14.0 Å². The van der Waals surface area contributed by atoms with Crippen molar-refractivity contribution in [3.63, 3.8) is 0 Å². The molecule has 6 heteroatoms. The van der Waals surface area contributed by atoms with Crippen LogP contribution in [0.3, 0.4) is 0 Å². The lowest BCUT2D eigenvalue weighted by atomic mass is 9.95. The van der Waals surface area contributed by atoms with Crippen molar-refractivity contribution in [2.45, 2.75) is 115 Å². The predicted molar refractivity (Wildman–Crippen MR) is 160 cm³/mol. The number of unbranched alkanes of at least 4 members (excludes halogenated alkanes) is 5. The SMILES string of the molecule is CCCCCCCCOc1ccc(C(=O)Oc2ccc([C@H]3CO[C@@H](CC[Si](C)(C)C(C)CC)C3)cc2)cc1F. The lowest BCUT2D eigenvalue weighted by molar-refractivity contribution is 0.0734. The number of carbonyl (C=O) groups excluding carboxylic acids is 1. The molecule has 0 saturated carbocycles. The van der Waals surface area contributed by atoms with Crippen molar-refractivity contribution in [2.75, 3.05) is 13.2 Å². The number of rotatable bonds is 16. The summed E-state index contributed by atoms with van der Waals surface area (Å²) in [6.07, 6.45) is 10.6. The Kier molecular flexibility index (Phi) is 12.5. The smallest absolute Gasteiger partial charge is 0.343 e. The highest BCUT2D eigenvalue weighted by molar-refractivity contribution is 6.78. The van der Waals surface area contributed by atoms with E-state index in [0.717, 1.165) is 37.8 Å². The predicted octanol–water partition coefficient (Wildman–Crippen LogP) is 9.56. The molecule has 3 rings (SSSR count). The van der Waals surface area contributed by atoms with Gasteiger partial charge in [0.15, 0.2) is 11.6 Å². The molecule has 0 spiro atoms. The molecule has 0 amide bonds. The van der Waals surface area contributed by atoms with Gasteiger partial charge >= 0.3 is 5.97 Å².